The highest BCUT2D eigenvalue weighted by Crippen LogP contribution is 2.58. The fraction of sp³-hybridized carbons (Fsp3) is 0.700. The van der Waals surface area contributed by atoms with Crippen LogP contribution in [0.4, 0.5) is 0 Å². The zero-order chi connectivity index (χ0) is 17.6. The van der Waals surface area contributed by atoms with Crippen LogP contribution in [0, 0.1) is 6.92 Å². The zero-order valence-electron chi connectivity index (χ0n) is 16.5. The fourth-order valence-corrected chi connectivity index (χ4v) is 3.40. The van der Waals surface area contributed by atoms with E-state index < -0.39 is 10.3 Å². The fourth-order valence-electron chi connectivity index (χ4n) is 2.33. The monoisotopic (exact) mass is 326 g/mol. The SMILES string of the molecule is CC.CC.Cc1cccc2c1CC[C@@H]2OS(C)(C)C(C)(C)C. The van der Waals surface area contributed by atoms with Crippen molar-refractivity contribution in [1.29, 1.82) is 0 Å². The van der Waals surface area contributed by atoms with Gasteiger partial charge in [-0.2, -0.15) is 0 Å². The summed E-state index contributed by atoms with van der Waals surface area (Å²) >= 11 is 0. The van der Waals surface area contributed by atoms with Crippen molar-refractivity contribution in [3.63, 3.8) is 0 Å². The van der Waals surface area contributed by atoms with Gasteiger partial charge in [-0.3, -0.25) is 0 Å². The Kier molecular flexibility index (Phi) is 8.79. The van der Waals surface area contributed by atoms with Gasteiger partial charge in [0.25, 0.3) is 0 Å². The zero-order valence-corrected chi connectivity index (χ0v) is 17.4. The smallest absolute Gasteiger partial charge is 0.0956 e. The van der Waals surface area contributed by atoms with Crippen LogP contribution in [0.2, 0.25) is 0 Å². The molecule has 0 bridgehead atoms. The number of benzene rings is 1. The van der Waals surface area contributed by atoms with Gasteiger partial charge in [-0.25, -0.2) is 0 Å². The third-order valence-corrected chi connectivity index (χ3v) is 7.94. The van der Waals surface area contributed by atoms with E-state index >= 15 is 0 Å². The molecule has 0 saturated heterocycles. The molecule has 22 heavy (non-hydrogen) atoms. The average molecular weight is 327 g/mol. The largest absolute Gasteiger partial charge is 0.329 e. The first kappa shape index (κ1) is 21.5. The molecule has 0 amide bonds. The summed E-state index contributed by atoms with van der Waals surface area (Å²) < 4.78 is 6.76. The maximum Gasteiger partial charge on any atom is 0.0956 e. The lowest BCUT2D eigenvalue weighted by Gasteiger charge is -2.45. The van der Waals surface area contributed by atoms with Gasteiger partial charge in [0.15, 0.2) is 0 Å². The number of rotatable bonds is 2. The van der Waals surface area contributed by atoms with Crippen LogP contribution in [0.5, 0.6) is 0 Å². The van der Waals surface area contributed by atoms with Crippen molar-refractivity contribution in [2.45, 2.75) is 79.1 Å². The molecule has 1 aliphatic carbocycles. The van der Waals surface area contributed by atoms with Crippen LogP contribution in [0.3, 0.4) is 0 Å². The van der Waals surface area contributed by atoms with Crippen LogP contribution in [0.1, 0.15) is 77.7 Å². The van der Waals surface area contributed by atoms with E-state index in [-0.39, 0.29) is 4.75 Å². The van der Waals surface area contributed by atoms with Gasteiger partial charge in [-0.1, -0.05) is 66.7 Å². The van der Waals surface area contributed by atoms with Gasteiger partial charge in [-0.05, 0) is 49.0 Å². The Bertz CT molecular complexity index is 444. The van der Waals surface area contributed by atoms with E-state index in [1.54, 1.807) is 0 Å². The highest BCUT2D eigenvalue weighted by Gasteiger charge is 2.34. The molecule has 130 valence electrons. The van der Waals surface area contributed by atoms with Crippen molar-refractivity contribution in [3.05, 3.63) is 34.9 Å². The average Bonchev–Trinajstić information content (AvgIpc) is 2.86. The van der Waals surface area contributed by atoms with Crippen LogP contribution in [0.25, 0.3) is 0 Å². The predicted molar refractivity (Wildman–Crippen MR) is 105 cm³/mol. The van der Waals surface area contributed by atoms with E-state index in [4.69, 9.17) is 4.18 Å². The molecular formula is C20H38OS. The topological polar surface area (TPSA) is 9.23 Å². The molecule has 0 unspecified atom stereocenters. The Morgan fingerprint density at radius 2 is 1.59 bits per heavy atom. The van der Waals surface area contributed by atoms with Crippen molar-refractivity contribution < 1.29 is 4.18 Å². The van der Waals surface area contributed by atoms with Crippen molar-refractivity contribution in [2.75, 3.05) is 12.5 Å². The van der Waals surface area contributed by atoms with Gasteiger partial charge >= 0.3 is 0 Å². The maximum absolute atomic E-state index is 6.53. The molecule has 1 aliphatic rings. The van der Waals surface area contributed by atoms with Gasteiger partial charge in [0.1, 0.15) is 0 Å². The molecule has 0 aliphatic heterocycles. The van der Waals surface area contributed by atoms with Crippen molar-refractivity contribution >= 4 is 10.3 Å². The molecule has 1 aromatic carbocycles. The minimum atomic E-state index is -1.04. The quantitative estimate of drug-likeness (QED) is 0.578. The van der Waals surface area contributed by atoms with E-state index in [0.717, 1.165) is 6.42 Å². The molecule has 0 aromatic heterocycles. The number of aryl methyl sites for hydroxylation is 1. The molecule has 0 radical (unpaired) electrons. The lowest BCUT2D eigenvalue weighted by molar-refractivity contribution is 0.233. The highest BCUT2D eigenvalue weighted by atomic mass is 32.3. The Balaban J connectivity index is 0.00000102. The lowest BCUT2D eigenvalue weighted by atomic mass is 10.0. The summed E-state index contributed by atoms with van der Waals surface area (Å²) in [6.07, 6.45) is 7.21. The third-order valence-electron chi connectivity index (χ3n) is 4.28. The summed E-state index contributed by atoms with van der Waals surface area (Å²) in [5, 5.41) is 0. The Labute approximate surface area is 141 Å². The summed E-state index contributed by atoms with van der Waals surface area (Å²) in [5.74, 6) is 0. The van der Waals surface area contributed by atoms with Crippen LogP contribution in [0.15, 0.2) is 18.2 Å². The van der Waals surface area contributed by atoms with Crippen LogP contribution >= 0.6 is 10.3 Å². The Morgan fingerprint density at radius 3 is 2.09 bits per heavy atom. The molecule has 2 rings (SSSR count). The molecule has 1 aromatic rings. The number of fused-ring (bicyclic) bond motifs is 1. The summed E-state index contributed by atoms with van der Waals surface area (Å²) in [6, 6.07) is 6.62. The van der Waals surface area contributed by atoms with E-state index in [1.807, 2.05) is 27.7 Å². The van der Waals surface area contributed by atoms with Gasteiger partial charge in [0.05, 0.1) is 6.10 Å². The van der Waals surface area contributed by atoms with E-state index in [2.05, 4.69) is 58.4 Å². The first-order chi connectivity index (χ1) is 10.2. The molecule has 1 atom stereocenters. The summed E-state index contributed by atoms with van der Waals surface area (Å²) in [4.78, 5) is 0. The minimum Gasteiger partial charge on any atom is -0.329 e. The maximum atomic E-state index is 6.53. The van der Waals surface area contributed by atoms with Crippen LogP contribution < -0.4 is 0 Å². The normalized spacial score (nSPS) is 17.6. The first-order valence-electron chi connectivity index (χ1n) is 8.72. The van der Waals surface area contributed by atoms with E-state index in [9.17, 15) is 0 Å². The van der Waals surface area contributed by atoms with E-state index in [1.165, 1.54) is 23.1 Å². The summed E-state index contributed by atoms with van der Waals surface area (Å²) in [5.41, 5.74) is 4.37. The lowest BCUT2D eigenvalue weighted by Crippen LogP contribution is -2.26. The molecule has 0 fully saturated rings. The molecule has 0 spiro atoms. The molecule has 0 N–H and O–H groups in total. The molecule has 1 nitrogen and oxygen atoms in total. The Hall–Kier alpha value is -0.470. The molecule has 2 heteroatoms. The number of hydrogen-bond acceptors (Lipinski definition) is 1. The summed E-state index contributed by atoms with van der Waals surface area (Å²) in [7, 11) is -1.04. The highest BCUT2D eigenvalue weighted by molar-refractivity contribution is 8.29. The van der Waals surface area contributed by atoms with Crippen molar-refractivity contribution in [1.82, 2.24) is 0 Å². The Morgan fingerprint density at radius 1 is 1.05 bits per heavy atom. The van der Waals surface area contributed by atoms with E-state index in [0.29, 0.717) is 6.10 Å². The van der Waals surface area contributed by atoms with Crippen molar-refractivity contribution in [3.8, 4) is 0 Å². The molecular weight excluding hydrogens is 288 g/mol. The molecule has 0 saturated carbocycles. The summed E-state index contributed by atoms with van der Waals surface area (Å²) in [6.45, 7) is 17.1. The van der Waals surface area contributed by atoms with Gasteiger partial charge < -0.3 is 4.18 Å². The van der Waals surface area contributed by atoms with Crippen LogP contribution in [-0.2, 0) is 10.6 Å². The van der Waals surface area contributed by atoms with Crippen molar-refractivity contribution in [2.24, 2.45) is 0 Å². The third kappa shape index (κ3) is 5.03. The second-order valence-electron chi connectivity index (χ2n) is 6.61. The minimum absolute atomic E-state index is 0.236. The van der Waals surface area contributed by atoms with Gasteiger partial charge in [0.2, 0.25) is 0 Å². The van der Waals surface area contributed by atoms with Gasteiger partial charge in [-0.15, -0.1) is 10.3 Å². The number of hydrogen-bond donors (Lipinski definition) is 0. The van der Waals surface area contributed by atoms with Crippen LogP contribution in [-0.4, -0.2) is 17.3 Å². The second-order valence-corrected chi connectivity index (χ2v) is 10.5. The predicted octanol–water partition coefficient (Wildman–Crippen LogP) is 6.83. The van der Waals surface area contributed by atoms with Gasteiger partial charge in [0, 0.05) is 4.75 Å². The first-order valence-corrected chi connectivity index (χ1v) is 11.1. The second kappa shape index (κ2) is 8.98. The molecule has 0 heterocycles. The standard InChI is InChI=1S/C16H26OS.2C2H6/c1-12-8-7-9-14-13(12)10-11-15(14)17-18(5,6)16(2,3)4;2*1-2/h7-9,15H,10-11H2,1-6H3;2*1-2H3/t15-;;/m0../s1.